The molecule has 2 amide bonds. The monoisotopic (exact) mass is 490 g/mol. The molecule has 1 N–H and O–H groups in total. The van der Waals surface area contributed by atoms with Crippen molar-refractivity contribution in [3.05, 3.63) is 46.4 Å². The second-order valence-electron chi connectivity index (χ2n) is 6.88. The van der Waals surface area contributed by atoms with Gasteiger partial charge >= 0.3 is 5.97 Å². The molecule has 1 unspecified atom stereocenters. The van der Waals surface area contributed by atoms with Crippen molar-refractivity contribution in [2.24, 2.45) is 0 Å². The largest absolute Gasteiger partial charge is 0.493 e. The first-order chi connectivity index (χ1) is 14.8. The van der Waals surface area contributed by atoms with E-state index in [0.29, 0.717) is 34.0 Å². The van der Waals surface area contributed by atoms with Crippen molar-refractivity contribution in [2.75, 3.05) is 30.5 Å². The summed E-state index contributed by atoms with van der Waals surface area (Å²) in [5.74, 6) is -0.445. The molecular weight excluding hydrogens is 468 g/mol. The number of benzene rings is 2. The summed E-state index contributed by atoms with van der Waals surface area (Å²) >= 11 is 3.36. The van der Waals surface area contributed by atoms with Crippen LogP contribution in [0.2, 0.25) is 0 Å². The van der Waals surface area contributed by atoms with Crippen molar-refractivity contribution in [3.63, 3.8) is 0 Å². The van der Waals surface area contributed by atoms with Crippen LogP contribution in [0.4, 0.5) is 11.4 Å². The smallest absolute Gasteiger partial charge is 0.338 e. The second-order valence-corrected chi connectivity index (χ2v) is 7.74. The Morgan fingerprint density at radius 1 is 1.26 bits per heavy atom. The van der Waals surface area contributed by atoms with Gasteiger partial charge in [0.2, 0.25) is 5.91 Å². The summed E-state index contributed by atoms with van der Waals surface area (Å²) in [5, 5.41) is 2.79. The highest BCUT2D eigenvalue weighted by molar-refractivity contribution is 9.10. The normalized spacial score (nSPS) is 15.4. The number of nitrogens with zero attached hydrogens (tertiary/aromatic N) is 1. The van der Waals surface area contributed by atoms with Gasteiger partial charge in [0.05, 0.1) is 35.1 Å². The van der Waals surface area contributed by atoms with E-state index in [1.54, 1.807) is 37.3 Å². The number of amides is 2. The molecule has 1 heterocycles. The number of carbonyl (C=O) groups is 3. The summed E-state index contributed by atoms with van der Waals surface area (Å²) in [7, 11) is 1.47. The zero-order chi connectivity index (χ0) is 22.5. The Morgan fingerprint density at radius 2 is 2.00 bits per heavy atom. The van der Waals surface area contributed by atoms with Crippen LogP contribution in [0.5, 0.6) is 11.5 Å². The number of carbonyl (C=O) groups excluding carboxylic acids is 3. The van der Waals surface area contributed by atoms with Gasteiger partial charge in [-0.25, -0.2) is 4.79 Å². The van der Waals surface area contributed by atoms with Crippen molar-refractivity contribution >= 4 is 45.1 Å². The fourth-order valence-electron chi connectivity index (χ4n) is 3.37. The number of esters is 1. The van der Waals surface area contributed by atoms with Crippen LogP contribution in [0.3, 0.4) is 0 Å². The zero-order valence-electron chi connectivity index (χ0n) is 17.4. The molecule has 0 bridgehead atoms. The molecule has 0 saturated heterocycles. The quantitative estimate of drug-likeness (QED) is 0.619. The van der Waals surface area contributed by atoms with Gasteiger partial charge in [-0.1, -0.05) is 12.1 Å². The highest BCUT2D eigenvalue weighted by Crippen LogP contribution is 2.37. The van der Waals surface area contributed by atoms with E-state index in [-0.39, 0.29) is 17.9 Å². The van der Waals surface area contributed by atoms with Gasteiger partial charge in [-0.15, -0.1) is 0 Å². The Balaban J connectivity index is 1.77. The Hall–Kier alpha value is -3.07. The fourth-order valence-corrected chi connectivity index (χ4v) is 3.93. The van der Waals surface area contributed by atoms with Crippen LogP contribution in [-0.4, -0.2) is 44.1 Å². The van der Waals surface area contributed by atoms with Crippen molar-refractivity contribution in [1.29, 1.82) is 0 Å². The molecule has 8 nitrogen and oxygen atoms in total. The molecule has 1 atom stereocenters. The number of halogens is 1. The van der Waals surface area contributed by atoms with Crippen molar-refractivity contribution in [3.8, 4) is 11.5 Å². The molecule has 0 fully saturated rings. The van der Waals surface area contributed by atoms with E-state index >= 15 is 0 Å². The SMILES string of the molecule is CCOc1c(Br)cc(C(=O)OCC(=O)N2c3ccccc3NC(=O)CC2C)cc1OC. The molecule has 0 saturated carbocycles. The molecule has 2 aromatic rings. The molecule has 0 aliphatic carbocycles. The zero-order valence-corrected chi connectivity index (χ0v) is 19.0. The van der Waals surface area contributed by atoms with Crippen LogP contribution in [0.25, 0.3) is 0 Å². The van der Waals surface area contributed by atoms with Gasteiger partial charge < -0.3 is 24.4 Å². The van der Waals surface area contributed by atoms with Gasteiger partial charge in [0, 0.05) is 12.5 Å². The minimum Gasteiger partial charge on any atom is -0.493 e. The topological polar surface area (TPSA) is 94.2 Å². The third kappa shape index (κ3) is 4.99. The maximum absolute atomic E-state index is 13.0. The number of methoxy groups -OCH3 is 1. The maximum atomic E-state index is 13.0. The molecule has 3 rings (SSSR count). The van der Waals surface area contributed by atoms with Gasteiger partial charge in [-0.3, -0.25) is 9.59 Å². The van der Waals surface area contributed by atoms with Crippen molar-refractivity contribution < 1.29 is 28.6 Å². The number of hydrogen-bond acceptors (Lipinski definition) is 6. The Morgan fingerprint density at radius 3 is 2.71 bits per heavy atom. The molecule has 0 radical (unpaired) electrons. The number of hydrogen-bond donors (Lipinski definition) is 1. The summed E-state index contributed by atoms with van der Waals surface area (Å²) in [4.78, 5) is 39.1. The number of anilines is 2. The molecule has 1 aliphatic heterocycles. The summed E-state index contributed by atoms with van der Waals surface area (Å²) in [6.45, 7) is 3.57. The van der Waals surface area contributed by atoms with Gasteiger partial charge in [0.1, 0.15) is 0 Å². The van der Waals surface area contributed by atoms with Gasteiger partial charge in [0.15, 0.2) is 18.1 Å². The van der Waals surface area contributed by atoms with Crippen LogP contribution in [-0.2, 0) is 14.3 Å². The lowest BCUT2D eigenvalue weighted by atomic mass is 10.1. The molecule has 31 heavy (non-hydrogen) atoms. The van der Waals surface area contributed by atoms with Crippen molar-refractivity contribution in [1.82, 2.24) is 0 Å². The minimum atomic E-state index is -0.680. The predicted octanol–water partition coefficient (Wildman–Crippen LogP) is 3.78. The van der Waals surface area contributed by atoms with Crippen LogP contribution in [0.1, 0.15) is 30.6 Å². The number of ether oxygens (including phenoxy) is 3. The predicted molar refractivity (Wildman–Crippen MR) is 119 cm³/mol. The Labute approximate surface area is 188 Å². The fraction of sp³-hybridized carbons (Fsp3) is 0.318. The van der Waals surface area contributed by atoms with Crippen LogP contribution in [0, 0.1) is 0 Å². The number of fused-ring (bicyclic) bond motifs is 1. The molecule has 0 aromatic heterocycles. The molecule has 9 heteroatoms. The minimum absolute atomic E-state index is 0.136. The third-order valence-corrected chi connectivity index (χ3v) is 5.30. The summed E-state index contributed by atoms with van der Waals surface area (Å²) in [5.41, 5.74) is 1.31. The number of nitrogens with one attached hydrogen (secondary N) is 1. The first-order valence-corrected chi connectivity index (χ1v) is 10.5. The standard InChI is InChI=1S/C22H23BrN2O6/c1-4-30-21-15(23)10-14(11-18(21)29-3)22(28)31-12-20(27)25-13(2)9-19(26)24-16-7-5-6-8-17(16)25/h5-8,10-11,13H,4,9,12H2,1-3H3,(H,24,26). The average molecular weight is 491 g/mol. The molecular formula is C22H23BrN2O6. The van der Waals surface area contributed by atoms with E-state index in [1.807, 2.05) is 6.92 Å². The maximum Gasteiger partial charge on any atom is 0.338 e. The van der Waals surface area contributed by atoms with E-state index in [2.05, 4.69) is 21.2 Å². The number of para-hydroxylation sites is 2. The second kappa shape index (κ2) is 9.82. The van der Waals surface area contributed by atoms with Gasteiger partial charge in [-0.2, -0.15) is 0 Å². The Bertz CT molecular complexity index is 1010. The van der Waals surface area contributed by atoms with E-state index in [4.69, 9.17) is 14.2 Å². The van der Waals surface area contributed by atoms with Gasteiger partial charge in [0.25, 0.3) is 5.91 Å². The molecule has 0 spiro atoms. The third-order valence-electron chi connectivity index (χ3n) is 4.71. The summed E-state index contributed by atoms with van der Waals surface area (Å²) < 4.78 is 16.6. The van der Waals surface area contributed by atoms with Crippen LogP contribution < -0.4 is 19.7 Å². The van der Waals surface area contributed by atoms with E-state index < -0.39 is 24.5 Å². The highest BCUT2D eigenvalue weighted by atomic mass is 79.9. The lowest BCUT2D eigenvalue weighted by molar-refractivity contribution is -0.122. The first-order valence-electron chi connectivity index (χ1n) is 9.74. The van der Waals surface area contributed by atoms with E-state index in [1.165, 1.54) is 18.1 Å². The first kappa shape index (κ1) is 22.6. The summed E-state index contributed by atoms with van der Waals surface area (Å²) in [6.07, 6.45) is 0.136. The van der Waals surface area contributed by atoms with Crippen LogP contribution in [0.15, 0.2) is 40.9 Å². The number of rotatable bonds is 6. The molecule has 2 aromatic carbocycles. The molecule has 164 valence electrons. The van der Waals surface area contributed by atoms with Crippen LogP contribution >= 0.6 is 15.9 Å². The lowest BCUT2D eigenvalue weighted by Gasteiger charge is -2.27. The highest BCUT2D eigenvalue weighted by Gasteiger charge is 2.30. The van der Waals surface area contributed by atoms with Crippen molar-refractivity contribution in [2.45, 2.75) is 26.3 Å². The Kier molecular flexibility index (Phi) is 7.17. The van der Waals surface area contributed by atoms with Gasteiger partial charge in [-0.05, 0) is 54.0 Å². The molecule has 1 aliphatic rings. The average Bonchev–Trinajstić information content (AvgIpc) is 2.87. The van der Waals surface area contributed by atoms with E-state index in [0.717, 1.165) is 0 Å². The lowest BCUT2D eigenvalue weighted by Crippen LogP contribution is -2.41. The van der Waals surface area contributed by atoms with E-state index in [9.17, 15) is 14.4 Å². The summed E-state index contributed by atoms with van der Waals surface area (Å²) in [6, 6.07) is 9.66.